The third-order valence-corrected chi connectivity index (χ3v) is 2.64. The zero-order valence-electron chi connectivity index (χ0n) is 9.66. The van der Waals surface area contributed by atoms with Crippen LogP contribution >= 0.6 is 11.6 Å². The number of aromatic nitrogens is 2. The van der Waals surface area contributed by atoms with Crippen molar-refractivity contribution in [3.8, 4) is 11.6 Å². The van der Waals surface area contributed by atoms with Gasteiger partial charge in [-0.25, -0.2) is 4.98 Å². The molecule has 20 heavy (non-hydrogen) atoms. The van der Waals surface area contributed by atoms with Gasteiger partial charge < -0.3 is 15.5 Å². The molecule has 0 radical (unpaired) electrons. The van der Waals surface area contributed by atoms with Crippen molar-refractivity contribution in [3.63, 3.8) is 0 Å². The highest BCUT2D eigenvalue weighted by Gasteiger charge is 2.31. The van der Waals surface area contributed by atoms with Crippen molar-refractivity contribution in [2.45, 2.75) is 6.18 Å². The number of hydrogen-bond acceptors (Lipinski definition) is 4. The molecule has 0 amide bonds. The number of nitrogens with zero attached hydrogens (tertiary/aromatic N) is 1. The van der Waals surface area contributed by atoms with Gasteiger partial charge in [-0.15, -0.1) is 0 Å². The molecule has 0 saturated heterocycles. The summed E-state index contributed by atoms with van der Waals surface area (Å²) in [4.78, 5) is 17.1. The second-order valence-electron chi connectivity index (χ2n) is 3.70. The van der Waals surface area contributed by atoms with E-state index in [0.29, 0.717) is 0 Å². The summed E-state index contributed by atoms with van der Waals surface area (Å²) in [6.07, 6.45) is -3.46. The molecule has 0 spiro atoms. The van der Waals surface area contributed by atoms with Crippen molar-refractivity contribution in [2.75, 3.05) is 5.73 Å². The van der Waals surface area contributed by atoms with E-state index in [1.54, 1.807) is 0 Å². The molecule has 3 N–H and O–H groups in total. The molecule has 0 aliphatic rings. The first kappa shape index (κ1) is 14.2. The van der Waals surface area contributed by atoms with Gasteiger partial charge in [-0.05, 0) is 18.2 Å². The van der Waals surface area contributed by atoms with Crippen molar-refractivity contribution in [3.05, 3.63) is 45.5 Å². The van der Waals surface area contributed by atoms with E-state index >= 15 is 0 Å². The molecule has 106 valence electrons. The molecule has 1 heterocycles. The van der Waals surface area contributed by atoms with Crippen molar-refractivity contribution in [1.29, 1.82) is 0 Å². The molecule has 0 fully saturated rings. The normalized spacial score (nSPS) is 11.4. The summed E-state index contributed by atoms with van der Waals surface area (Å²) in [5.41, 5.74) is 3.67. The predicted octanol–water partition coefficient (Wildman–Crippen LogP) is 2.82. The number of nitrogens with one attached hydrogen (secondary N) is 1. The van der Waals surface area contributed by atoms with Crippen LogP contribution in [0.1, 0.15) is 5.56 Å². The Morgan fingerprint density at radius 3 is 2.65 bits per heavy atom. The van der Waals surface area contributed by atoms with Crippen LogP contribution in [0.2, 0.25) is 5.02 Å². The predicted molar refractivity (Wildman–Crippen MR) is 65.8 cm³/mol. The lowest BCUT2D eigenvalue weighted by Gasteiger charge is -2.11. The van der Waals surface area contributed by atoms with Gasteiger partial charge in [0.15, 0.2) is 10.8 Å². The fraction of sp³-hybridized carbons (Fsp3) is 0.0909. The number of anilines is 1. The van der Waals surface area contributed by atoms with Crippen LogP contribution in [0, 0.1) is 0 Å². The van der Waals surface area contributed by atoms with Crippen molar-refractivity contribution in [2.24, 2.45) is 0 Å². The highest BCUT2D eigenvalue weighted by molar-refractivity contribution is 6.31. The number of benzene rings is 1. The van der Waals surface area contributed by atoms with Crippen molar-refractivity contribution >= 4 is 17.3 Å². The molecule has 5 nitrogen and oxygen atoms in total. The summed E-state index contributed by atoms with van der Waals surface area (Å²) in [5.74, 6) is -0.333. The molecule has 0 saturated carbocycles. The van der Waals surface area contributed by atoms with Crippen molar-refractivity contribution < 1.29 is 17.9 Å². The van der Waals surface area contributed by atoms with E-state index in [2.05, 4.69) is 9.97 Å². The molecular formula is C11H7ClF3N3O2. The largest absolute Gasteiger partial charge is 0.435 e. The van der Waals surface area contributed by atoms with Crippen LogP contribution in [0.25, 0.3) is 0 Å². The Hall–Kier alpha value is -2.22. The van der Waals surface area contributed by atoms with Gasteiger partial charge in [0.25, 0.3) is 5.56 Å². The summed E-state index contributed by atoms with van der Waals surface area (Å²) in [6.45, 7) is 0. The SMILES string of the molecule is Nc1cc(C(F)(F)F)ccc1Oc1nc[nH]c(=O)c1Cl. The van der Waals surface area contributed by atoms with E-state index in [0.717, 1.165) is 24.5 Å². The number of alkyl halides is 3. The van der Waals surface area contributed by atoms with Gasteiger partial charge in [-0.3, -0.25) is 4.79 Å². The van der Waals surface area contributed by atoms with Gasteiger partial charge in [0.1, 0.15) is 0 Å². The number of rotatable bonds is 2. The quantitative estimate of drug-likeness (QED) is 0.836. The third-order valence-electron chi connectivity index (χ3n) is 2.31. The van der Waals surface area contributed by atoms with Crippen LogP contribution in [0.5, 0.6) is 11.6 Å². The van der Waals surface area contributed by atoms with Crippen LogP contribution in [-0.2, 0) is 6.18 Å². The monoisotopic (exact) mass is 305 g/mol. The summed E-state index contributed by atoms with van der Waals surface area (Å²) in [7, 11) is 0. The van der Waals surface area contributed by atoms with Gasteiger partial charge in [0.2, 0.25) is 5.88 Å². The average Bonchev–Trinajstić information content (AvgIpc) is 2.36. The minimum atomic E-state index is -4.51. The summed E-state index contributed by atoms with van der Waals surface area (Å²) >= 11 is 5.65. The van der Waals surface area contributed by atoms with Gasteiger partial charge in [-0.1, -0.05) is 11.6 Å². The zero-order valence-corrected chi connectivity index (χ0v) is 10.4. The van der Waals surface area contributed by atoms with E-state index in [-0.39, 0.29) is 22.3 Å². The van der Waals surface area contributed by atoms with Crippen LogP contribution in [0.4, 0.5) is 18.9 Å². The molecular weight excluding hydrogens is 299 g/mol. The van der Waals surface area contributed by atoms with Crippen LogP contribution in [0.15, 0.2) is 29.3 Å². The van der Waals surface area contributed by atoms with E-state index < -0.39 is 17.3 Å². The van der Waals surface area contributed by atoms with Crippen molar-refractivity contribution in [1.82, 2.24) is 9.97 Å². The number of ether oxygens (including phenoxy) is 1. The number of halogens is 4. The van der Waals surface area contributed by atoms with Crippen LogP contribution in [0.3, 0.4) is 0 Å². The molecule has 2 rings (SSSR count). The Kier molecular flexibility index (Phi) is 3.58. The molecule has 0 aliphatic carbocycles. The molecule has 0 aliphatic heterocycles. The van der Waals surface area contributed by atoms with Gasteiger partial charge in [-0.2, -0.15) is 13.2 Å². The summed E-state index contributed by atoms with van der Waals surface area (Å²) in [6, 6.07) is 2.54. The summed E-state index contributed by atoms with van der Waals surface area (Å²) < 4.78 is 42.5. The Balaban J connectivity index is 2.36. The minimum absolute atomic E-state index is 0.0852. The van der Waals surface area contributed by atoms with Gasteiger partial charge in [0.05, 0.1) is 17.6 Å². The molecule has 9 heteroatoms. The smallest absolute Gasteiger partial charge is 0.416 e. The number of nitrogen functional groups attached to an aromatic ring is 1. The van der Waals surface area contributed by atoms with E-state index in [1.807, 2.05) is 0 Å². The standard InChI is InChI=1S/C11H7ClF3N3O2/c12-8-9(19)17-4-18-10(8)20-7-2-1-5(3-6(7)16)11(13,14)15/h1-4H,16H2,(H,17,18,19). The summed E-state index contributed by atoms with van der Waals surface area (Å²) in [5, 5.41) is -0.327. The average molecular weight is 306 g/mol. The van der Waals surface area contributed by atoms with Crippen LogP contribution < -0.4 is 16.0 Å². The molecule has 1 aromatic carbocycles. The fourth-order valence-corrected chi connectivity index (χ4v) is 1.50. The zero-order chi connectivity index (χ0) is 14.9. The maximum absolute atomic E-state index is 12.5. The van der Waals surface area contributed by atoms with E-state index in [4.69, 9.17) is 22.1 Å². The molecule has 0 bridgehead atoms. The highest BCUT2D eigenvalue weighted by Crippen LogP contribution is 2.35. The second-order valence-corrected chi connectivity index (χ2v) is 4.08. The molecule has 2 aromatic rings. The Bertz CT molecular complexity index is 700. The maximum Gasteiger partial charge on any atom is 0.416 e. The lowest BCUT2D eigenvalue weighted by atomic mass is 10.2. The number of hydrogen-bond donors (Lipinski definition) is 2. The lowest BCUT2D eigenvalue weighted by molar-refractivity contribution is -0.137. The lowest BCUT2D eigenvalue weighted by Crippen LogP contribution is -2.09. The molecule has 0 atom stereocenters. The topological polar surface area (TPSA) is 81.0 Å². The van der Waals surface area contributed by atoms with Gasteiger partial charge >= 0.3 is 6.18 Å². The number of nitrogens with two attached hydrogens (primary N) is 1. The fourth-order valence-electron chi connectivity index (χ4n) is 1.36. The first-order valence-electron chi connectivity index (χ1n) is 5.17. The third kappa shape index (κ3) is 2.85. The molecule has 0 unspecified atom stereocenters. The second kappa shape index (κ2) is 5.04. The highest BCUT2D eigenvalue weighted by atomic mass is 35.5. The first-order valence-corrected chi connectivity index (χ1v) is 5.54. The Morgan fingerprint density at radius 2 is 2.05 bits per heavy atom. The number of aromatic amines is 1. The van der Waals surface area contributed by atoms with E-state index in [1.165, 1.54) is 0 Å². The number of H-pyrrole nitrogens is 1. The molecule has 1 aromatic heterocycles. The van der Waals surface area contributed by atoms with Crippen LogP contribution in [-0.4, -0.2) is 9.97 Å². The van der Waals surface area contributed by atoms with E-state index in [9.17, 15) is 18.0 Å². The first-order chi connectivity index (χ1) is 9.29. The Morgan fingerprint density at radius 1 is 1.35 bits per heavy atom. The maximum atomic E-state index is 12.5. The Labute approximate surface area is 115 Å². The minimum Gasteiger partial charge on any atom is -0.435 e. The van der Waals surface area contributed by atoms with Gasteiger partial charge in [0, 0.05) is 0 Å².